The van der Waals surface area contributed by atoms with Gasteiger partial charge in [-0.3, -0.25) is 0 Å². The summed E-state index contributed by atoms with van der Waals surface area (Å²) in [4.78, 5) is 0. The monoisotopic (exact) mass is 242 g/mol. The zero-order valence-electron chi connectivity index (χ0n) is 2.08. The summed E-state index contributed by atoms with van der Waals surface area (Å²) in [5.41, 5.74) is 0. The molecule has 0 nitrogen and oxygen atoms in total. The standard InChI is InChI=1S/Fe.Ni.2Zn. The fourth-order valence-electron chi connectivity index (χ4n) is 0. The smallest absolute Gasteiger partial charge is 0 e. The van der Waals surface area contributed by atoms with E-state index in [2.05, 4.69) is 0 Å². The maximum absolute atomic E-state index is 0. The zero-order valence-corrected chi connectivity index (χ0v) is 10.1. The van der Waals surface area contributed by atoms with Gasteiger partial charge in [-0.1, -0.05) is 0 Å². The van der Waals surface area contributed by atoms with Gasteiger partial charge in [0, 0.05) is 72.5 Å². The molecule has 0 atom stereocenters. The summed E-state index contributed by atoms with van der Waals surface area (Å²) in [6, 6.07) is 0. The van der Waals surface area contributed by atoms with Crippen LogP contribution < -0.4 is 0 Å². The molecule has 4 heteroatoms. The van der Waals surface area contributed by atoms with Crippen LogP contribution in [0.3, 0.4) is 0 Å². The summed E-state index contributed by atoms with van der Waals surface area (Å²) >= 11 is 0. The van der Waals surface area contributed by atoms with Gasteiger partial charge >= 0.3 is 0 Å². The van der Waals surface area contributed by atoms with E-state index in [-0.39, 0.29) is 72.5 Å². The molecule has 0 aliphatic heterocycles. The third-order valence-electron chi connectivity index (χ3n) is 0. The molecule has 0 heterocycles. The molecule has 0 amide bonds. The Morgan fingerprint density at radius 1 is 0.750 bits per heavy atom. The quantitative estimate of drug-likeness (QED) is 0.527. The summed E-state index contributed by atoms with van der Waals surface area (Å²) < 4.78 is 0. The molecule has 0 bridgehead atoms. The Kier molecular flexibility index (Phi) is 158. The van der Waals surface area contributed by atoms with Gasteiger partial charge in [-0.25, -0.2) is 0 Å². The third-order valence-corrected chi connectivity index (χ3v) is 0. The molecule has 0 saturated carbocycles. The van der Waals surface area contributed by atoms with Gasteiger partial charge in [0.2, 0.25) is 0 Å². The van der Waals surface area contributed by atoms with E-state index in [1.165, 1.54) is 0 Å². The SMILES string of the molecule is [Fe].[Ni].[Zn].[Zn]. The molecule has 0 aliphatic carbocycles. The van der Waals surface area contributed by atoms with Crippen molar-refractivity contribution < 1.29 is 72.5 Å². The van der Waals surface area contributed by atoms with Crippen LogP contribution >= 0.6 is 0 Å². The van der Waals surface area contributed by atoms with E-state index in [9.17, 15) is 0 Å². The van der Waals surface area contributed by atoms with Gasteiger partial charge in [-0.05, 0) is 0 Å². The van der Waals surface area contributed by atoms with Gasteiger partial charge in [0.25, 0.3) is 0 Å². The minimum atomic E-state index is 0. The summed E-state index contributed by atoms with van der Waals surface area (Å²) in [6.07, 6.45) is 0. The molecule has 0 radical (unpaired) electrons. The van der Waals surface area contributed by atoms with Crippen LogP contribution in [-0.2, 0) is 72.5 Å². The van der Waals surface area contributed by atoms with E-state index >= 15 is 0 Å². The van der Waals surface area contributed by atoms with Gasteiger partial charge in [-0.15, -0.1) is 0 Å². The maximum atomic E-state index is 0. The Morgan fingerprint density at radius 2 is 0.750 bits per heavy atom. The summed E-state index contributed by atoms with van der Waals surface area (Å²) in [5.74, 6) is 0. The molecule has 0 aromatic carbocycles. The molecule has 0 aromatic heterocycles. The predicted molar refractivity (Wildman–Crippen MR) is 0 cm³/mol. The first-order valence-corrected chi connectivity index (χ1v) is 0. The first-order valence-electron chi connectivity index (χ1n) is 0. The fourth-order valence-corrected chi connectivity index (χ4v) is 0. The summed E-state index contributed by atoms with van der Waals surface area (Å²) in [6.45, 7) is 0. The Balaban J connectivity index is 0. The van der Waals surface area contributed by atoms with Crippen LogP contribution in [-0.4, -0.2) is 0 Å². The van der Waals surface area contributed by atoms with E-state index in [1.807, 2.05) is 0 Å². The second kappa shape index (κ2) is 18.7. The average Bonchev–Trinajstić information content (AvgIpc) is 0. The molecule has 0 rings (SSSR count). The topological polar surface area (TPSA) is 0 Å². The molecule has 0 aliphatic rings. The van der Waals surface area contributed by atoms with Gasteiger partial charge in [0.05, 0.1) is 0 Å². The molecule has 0 unspecified atom stereocenters. The van der Waals surface area contributed by atoms with Crippen LogP contribution in [0.5, 0.6) is 0 Å². The second-order valence-corrected chi connectivity index (χ2v) is 0. The van der Waals surface area contributed by atoms with E-state index in [0.29, 0.717) is 0 Å². The Morgan fingerprint density at radius 3 is 0.750 bits per heavy atom. The van der Waals surface area contributed by atoms with Crippen LogP contribution in [0.25, 0.3) is 0 Å². The van der Waals surface area contributed by atoms with E-state index in [1.54, 1.807) is 0 Å². The molecule has 0 spiro atoms. The number of hydrogen-bond acceptors (Lipinski definition) is 0. The van der Waals surface area contributed by atoms with Crippen LogP contribution in [0.2, 0.25) is 0 Å². The van der Waals surface area contributed by atoms with E-state index in [4.69, 9.17) is 0 Å². The number of hydrogen-bond donors (Lipinski definition) is 0. The summed E-state index contributed by atoms with van der Waals surface area (Å²) in [5, 5.41) is 0. The van der Waals surface area contributed by atoms with Crippen LogP contribution in [0.15, 0.2) is 0 Å². The van der Waals surface area contributed by atoms with Crippen molar-refractivity contribution in [2.45, 2.75) is 0 Å². The van der Waals surface area contributed by atoms with Crippen molar-refractivity contribution in [1.82, 2.24) is 0 Å². The van der Waals surface area contributed by atoms with Crippen LogP contribution in [0.1, 0.15) is 0 Å². The normalized spacial score (nSPS) is 0. The Hall–Kier alpha value is 2.26. The fraction of sp³-hybridized carbons (Fsp3) is 0. The number of rotatable bonds is 0. The van der Waals surface area contributed by atoms with Crippen LogP contribution in [0, 0.1) is 0 Å². The largest absolute Gasteiger partial charge is 0 e. The van der Waals surface area contributed by atoms with Gasteiger partial charge in [-0.2, -0.15) is 0 Å². The maximum Gasteiger partial charge on any atom is 0 e. The Bertz CT molecular complexity index is 6.00. The molecule has 0 aromatic rings. The van der Waals surface area contributed by atoms with Crippen molar-refractivity contribution in [2.75, 3.05) is 0 Å². The van der Waals surface area contributed by atoms with Crippen molar-refractivity contribution >= 4 is 0 Å². The second-order valence-electron chi connectivity index (χ2n) is 0. The average molecular weight is 245 g/mol. The first kappa shape index (κ1) is 33.9. The van der Waals surface area contributed by atoms with E-state index in [0.717, 1.165) is 0 Å². The molecular formula is FeNiZn2. The molecule has 0 saturated heterocycles. The van der Waals surface area contributed by atoms with Gasteiger partial charge in [0.1, 0.15) is 0 Å². The van der Waals surface area contributed by atoms with Crippen molar-refractivity contribution in [3.8, 4) is 0 Å². The molecule has 4 heavy (non-hydrogen) atoms. The van der Waals surface area contributed by atoms with Gasteiger partial charge < -0.3 is 0 Å². The molecule has 0 fully saturated rings. The van der Waals surface area contributed by atoms with E-state index < -0.39 is 0 Å². The zero-order chi connectivity index (χ0) is 0. The molecule has 22 valence electrons. The van der Waals surface area contributed by atoms with Crippen molar-refractivity contribution in [3.05, 3.63) is 0 Å². The van der Waals surface area contributed by atoms with Crippen LogP contribution in [0.4, 0.5) is 0 Å². The molecule has 0 N–H and O–H groups in total. The first-order chi connectivity index (χ1) is 0. The molecular weight excluding hydrogens is 245 g/mol. The minimum Gasteiger partial charge on any atom is 0 e. The van der Waals surface area contributed by atoms with Crippen molar-refractivity contribution in [1.29, 1.82) is 0 Å². The predicted octanol–water partition coefficient (Wildman–Crippen LogP) is -0.0100. The minimum absolute atomic E-state index is 0. The Labute approximate surface area is 71.8 Å². The third kappa shape index (κ3) is 8.86. The van der Waals surface area contributed by atoms with Crippen molar-refractivity contribution in [3.63, 3.8) is 0 Å². The summed E-state index contributed by atoms with van der Waals surface area (Å²) in [7, 11) is 0. The van der Waals surface area contributed by atoms with Gasteiger partial charge in [0.15, 0.2) is 0 Å². The van der Waals surface area contributed by atoms with Crippen molar-refractivity contribution in [2.24, 2.45) is 0 Å².